The fraction of sp³-hybridized carbons (Fsp3) is 0.238. The number of para-hydroxylation sites is 1. The van der Waals surface area contributed by atoms with Crippen LogP contribution in [0.1, 0.15) is 41.4 Å². The molecule has 0 unspecified atom stereocenters. The molecule has 0 atom stereocenters. The van der Waals surface area contributed by atoms with Crippen LogP contribution in [0.4, 0.5) is 5.69 Å². The molecule has 134 valence electrons. The lowest BCUT2D eigenvalue weighted by Crippen LogP contribution is -2.27. The van der Waals surface area contributed by atoms with Gasteiger partial charge >= 0.3 is 0 Å². The summed E-state index contributed by atoms with van der Waals surface area (Å²) in [7, 11) is 1.67. The van der Waals surface area contributed by atoms with Crippen LogP contribution in [0.3, 0.4) is 0 Å². The van der Waals surface area contributed by atoms with E-state index in [2.05, 4.69) is 19.2 Å². The Morgan fingerprint density at radius 2 is 1.73 bits per heavy atom. The number of carboxylic acids is 1. The van der Waals surface area contributed by atoms with E-state index in [1.807, 2.05) is 48.5 Å². The summed E-state index contributed by atoms with van der Waals surface area (Å²) in [6.45, 7) is 4.21. The molecule has 1 amide bonds. The van der Waals surface area contributed by atoms with Gasteiger partial charge in [-0.2, -0.15) is 0 Å². The summed E-state index contributed by atoms with van der Waals surface area (Å²) in [6.07, 6.45) is -0.0312. The van der Waals surface area contributed by atoms with Gasteiger partial charge in [0.15, 0.2) is 0 Å². The van der Waals surface area contributed by atoms with E-state index in [0.29, 0.717) is 17.2 Å². The van der Waals surface area contributed by atoms with E-state index in [0.717, 1.165) is 10.9 Å². The van der Waals surface area contributed by atoms with Gasteiger partial charge in [0.25, 0.3) is 0 Å². The molecule has 26 heavy (non-hydrogen) atoms. The second-order valence-corrected chi connectivity index (χ2v) is 6.69. The minimum atomic E-state index is -1.28. The molecular formula is C21H21N2O3-. The number of benzene rings is 2. The highest BCUT2D eigenvalue weighted by Crippen LogP contribution is 2.26. The fourth-order valence-corrected chi connectivity index (χ4v) is 3.23. The molecule has 0 radical (unpaired) electrons. The predicted octanol–water partition coefficient (Wildman–Crippen LogP) is 2.85. The zero-order valence-corrected chi connectivity index (χ0v) is 15.1. The number of aromatic nitrogens is 1. The van der Waals surface area contributed by atoms with Crippen LogP contribution < -0.4 is 10.4 Å². The van der Waals surface area contributed by atoms with Crippen LogP contribution >= 0.6 is 0 Å². The van der Waals surface area contributed by atoms with Crippen molar-refractivity contribution < 1.29 is 14.7 Å². The molecule has 1 aromatic heterocycles. The number of carboxylic acid groups (broad SMARTS) is 1. The average Bonchev–Trinajstić information content (AvgIpc) is 2.88. The smallest absolute Gasteiger partial charge is 0.228 e. The van der Waals surface area contributed by atoms with E-state index in [4.69, 9.17) is 0 Å². The normalized spacial score (nSPS) is 11.1. The number of fused-ring (bicyclic) bond motifs is 1. The van der Waals surface area contributed by atoms with E-state index in [1.54, 1.807) is 11.6 Å². The first-order valence-corrected chi connectivity index (χ1v) is 8.56. The first-order valence-electron chi connectivity index (χ1n) is 8.56. The minimum absolute atomic E-state index is 0.0312. The van der Waals surface area contributed by atoms with Crippen molar-refractivity contribution in [3.63, 3.8) is 0 Å². The Kier molecular flexibility index (Phi) is 4.80. The van der Waals surface area contributed by atoms with Gasteiger partial charge in [-0.25, -0.2) is 0 Å². The summed E-state index contributed by atoms with van der Waals surface area (Å²) in [5, 5.41) is 15.2. The summed E-state index contributed by atoms with van der Waals surface area (Å²) in [4.78, 5) is 24.1. The summed E-state index contributed by atoms with van der Waals surface area (Å²) < 4.78 is 1.56. The number of rotatable bonds is 5. The Hall–Kier alpha value is -3.08. The van der Waals surface area contributed by atoms with Crippen molar-refractivity contribution in [3.05, 3.63) is 65.4 Å². The molecule has 5 heteroatoms. The number of hydrogen-bond acceptors (Lipinski definition) is 3. The van der Waals surface area contributed by atoms with Crippen molar-refractivity contribution in [1.82, 2.24) is 4.57 Å². The number of aryl methyl sites for hydroxylation is 1. The number of anilines is 1. The number of nitrogens with zero attached hydrogens (tertiary/aromatic N) is 1. The first kappa shape index (κ1) is 17.7. The maximum absolute atomic E-state index is 12.5. The number of carbonyl (C=O) groups is 2. The molecule has 1 heterocycles. The van der Waals surface area contributed by atoms with E-state index in [9.17, 15) is 14.7 Å². The lowest BCUT2D eigenvalue weighted by atomic mass is 10.0. The molecule has 0 fully saturated rings. The van der Waals surface area contributed by atoms with E-state index >= 15 is 0 Å². The van der Waals surface area contributed by atoms with Gasteiger partial charge in [-0.3, -0.25) is 4.79 Å². The zero-order chi connectivity index (χ0) is 18.8. The number of nitrogens with one attached hydrogen (secondary N) is 1. The molecule has 1 N–H and O–H groups in total. The number of carbonyl (C=O) groups excluding carboxylic acids is 2. The third-order valence-corrected chi connectivity index (χ3v) is 4.60. The van der Waals surface area contributed by atoms with E-state index in [1.165, 1.54) is 5.56 Å². The van der Waals surface area contributed by atoms with Gasteiger partial charge in [-0.1, -0.05) is 44.2 Å². The Morgan fingerprint density at radius 3 is 2.35 bits per heavy atom. The second kappa shape index (κ2) is 7.04. The minimum Gasteiger partial charge on any atom is -0.543 e. The van der Waals surface area contributed by atoms with E-state index < -0.39 is 5.97 Å². The van der Waals surface area contributed by atoms with Crippen LogP contribution in [-0.2, 0) is 18.3 Å². The highest BCUT2D eigenvalue weighted by molar-refractivity contribution is 6.02. The van der Waals surface area contributed by atoms with Crippen molar-refractivity contribution in [2.45, 2.75) is 26.2 Å². The van der Waals surface area contributed by atoms with Gasteiger partial charge in [-0.05, 0) is 35.2 Å². The Labute approximate surface area is 152 Å². The SMILES string of the molecule is CC(C)c1ccc(NC(=O)Cc2c(C(=O)[O-])n(C)c3ccccc23)cc1. The molecule has 2 aromatic carbocycles. The van der Waals surface area contributed by atoms with Crippen molar-refractivity contribution in [1.29, 1.82) is 0 Å². The van der Waals surface area contributed by atoms with Crippen molar-refractivity contribution >= 4 is 28.5 Å². The molecule has 0 spiro atoms. The summed E-state index contributed by atoms with van der Waals surface area (Å²) in [5.41, 5.74) is 3.15. The highest BCUT2D eigenvalue weighted by Gasteiger charge is 2.18. The predicted molar refractivity (Wildman–Crippen MR) is 100 cm³/mol. The highest BCUT2D eigenvalue weighted by atomic mass is 16.4. The zero-order valence-electron chi connectivity index (χ0n) is 15.1. The Balaban J connectivity index is 1.87. The van der Waals surface area contributed by atoms with Gasteiger partial charge in [0, 0.05) is 23.6 Å². The van der Waals surface area contributed by atoms with Crippen molar-refractivity contribution in [2.24, 2.45) is 7.05 Å². The Morgan fingerprint density at radius 1 is 1.08 bits per heavy atom. The lowest BCUT2D eigenvalue weighted by Gasteiger charge is -2.10. The van der Waals surface area contributed by atoms with Gasteiger partial charge < -0.3 is 19.8 Å². The molecule has 0 aliphatic rings. The molecule has 0 saturated carbocycles. The molecular weight excluding hydrogens is 328 g/mol. The monoisotopic (exact) mass is 349 g/mol. The van der Waals surface area contributed by atoms with Crippen LogP contribution in [0.2, 0.25) is 0 Å². The summed E-state index contributed by atoms with van der Waals surface area (Å²) in [5.74, 6) is -1.13. The molecule has 0 aliphatic heterocycles. The van der Waals surface area contributed by atoms with Gasteiger partial charge in [-0.15, -0.1) is 0 Å². The van der Waals surface area contributed by atoms with E-state index in [-0.39, 0.29) is 18.0 Å². The third-order valence-electron chi connectivity index (χ3n) is 4.60. The maximum atomic E-state index is 12.5. The number of hydrogen-bond donors (Lipinski definition) is 1. The number of amides is 1. The summed E-state index contributed by atoms with van der Waals surface area (Å²) >= 11 is 0. The lowest BCUT2D eigenvalue weighted by molar-refractivity contribution is -0.255. The summed E-state index contributed by atoms with van der Waals surface area (Å²) in [6, 6.07) is 15.0. The van der Waals surface area contributed by atoms with Gasteiger partial charge in [0.1, 0.15) is 0 Å². The molecule has 3 rings (SSSR count). The van der Waals surface area contributed by atoms with Crippen LogP contribution in [0.25, 0.3) is 10.9 Å². The van der Waals surface area contributed by atoms with Crippen LogP contribution in [0, 0.1) is 0 Å². The maximum Gasteiger partial charge on any atom is 0.228 e. The van der Waals surface area contributed by atoms with Crippen molar-refractivity contribution in [3.8, 4) is 0 Å². The largest absolute Gasteiger partial charge is 0.543 e. The molecule has 0 aliphatic carbocycles. The van der Waals surface area contributed by atoms with Crippen LogP contribution in [0.5, 0.6) is 0 Å². The topological polar surface area (TPSA) is 74.2 Å². The number of aromatic carboxylic acids is 1. The molecule has 3 aromatic rings. The fourth-order valence-electron chi connectivity index (χ4n) is 3.23. The van der Waals surface area contributed by atoms with Crippen LogP contribution in [-0.4, -0.2) is 16.4 Å². The molecule has 0 bridgehead atoms. The van der Waals surface area contributed by atoms with Gasteiger partial charge in [0.2, 0.25) is 5.91 Å². The Bertz CT molecular complexity index is 969. The molecule has 0 saturated heterocycles. The standard InChI is InChI=1S/C21H22N2O3/c1-13(2)14-8-10-15(11-9-14)22-19(24)12-17-16-6-4-5-7-18(16)23(3)20(17)21(25)26/h4-11,13H,12H2,1-3H3,(H,22,24)(H,25,26)/p-1. The molecule has 5 nitrogen and oxygen atoms in total. The average molecular weight is 349 g/mol. The first-order chi connectivity index (χ1) is 12.4. The quantitative estimate of drug-likeness (QED) is 0.770. The third kappa shape index (κ3) is 3.33. The van der Waals surface area contributed by atoms with Crippen molar-refractivity contribution in [2.75, 3.05) is 5.32 Å². The van der Waals surface area contributed by atoms with Gasteiger partial charge in [0.05, 0.1) is 18.1 Å². The van der Waals surface area contributed by atoms with Crippen LogP contribution in [0.15, 0.2) is 48.5 Å². The second-order valence-electron chi connectivity index (χ2n) is 6.69.